The number of nitrogens with zero attached hydrogens (tertiary/aromatic N) is 2. The first-order chi connectivity index (χ1) is 12.5. The molecule has 1 aliphatic heterocycles. The number of anilines is 1. The Bertz CT molecular complexity index is 883. The van der Waals surface area contributed by atoms with E-state index in [2.05, 4.69) is 16.0 Å². The predicted octanol–water partition coefficient (Wildman–Crippen LogP) is 2.28. The number of halogens is 1. The molecule has 0 bridgehead atoms. The topological polar surface area (TPSA) is 90.9 Å². The van der Waals surface area contributed by atoms with Gasteiger partial charge in [-0.25, -0.2) is 5.01 Å². The lowest BCUT2D eigenvalue weighted by molar-refractivity contribution is -0.119. The molecule has 0 atom stereocenters. The fourth-order valence-corrected chi connectivity index (χ4v) is 2.57. The van der Waals surface area contributed by atoms with Gasteiger partial charge in [-0.3, -0.25) is 25.2 Å². The highest BCUT2D eigenvalue weighted by atomic mass is 35.5. The molecule has 0 fully saturated rings. The number of hydrogen-bond acceptors (Lipinski definition) is 4. The van der Waals surface area contributed by atoms with Crippen molar-refractivity contribution in [2.75, 3.05) is 5.01 Å². The van der Waals surface area contributed by atoms with E-state index in [0.29, 0.717) is 16.3 Å². The van der Waals surface area contributed by atoms with Crippen LogP contribution in [0.3, 0.4) is 0 Å². The van der Waals surface area contributed by atoms with Crippen molar-refractivity contribution in [3.8, 4) is 0 Å². The lowest BCUT2D eigenvalue weighted by Crippen LogP contribution is -2.47. The molecule has 1 heterocycles. The summed E-state index contributed by atoms with van der Waals surface area (Å²) in [5.41, 5.74) is 5.65. The number of benzene rings is 2. The van der Waals surface area contributed by atoms with Crippen molar-refractivity contribution in [1.29, 1.82) is 0 Å². The Labute approximate surface area is 154 Å². The molecule has 0 unspecified atom stereocenters. The van der Waals surface area contributed by atoms with E-state index in [1.54, 1.807) is 42.5 Å². The Morgan fingerprint density at radius 1 is 0.962 bits per heavy atom. The first kappa shape index (κ1) is 17.6. The van der Waals surface area contributed by atoms with Gasteiger partial charge >= 0.3 is 0 Å². The van der Waals surface area contributed by atoms with Gasteiger partial charge in [0.2, 0.25) is 5.91 Å². The minimum atomic E-state index is -0.575. The monoisotopic (exact) mass is 370 g/mol. The second kappa shape index (κ2) is 7.79. The maximum absolute atomic E-state index is 12.3. The quantitative estimate of drug-likeness (QED) is 0.812. The molecule has 0 aliphatic carbocycles. The molecule has 7 nitrogen and oxygen atoms in total. The van der Waals surface area contributed by atoms with Crippen molar-refractivity contribution in [2.45, 2.75) is 12.8 Å². The maximum Gasteiger partial charge on any atom is 0.285 e. The van der Waals surface area contributed by atoms with Gasteiger partial charge in [0.15, 0.2) is 0 Å². The number of hydrazone groups is 1. The van der Waals surface area contributed by atoms with E-state index in [4.69, 9.17) is 11.6 Å². The number of carbonyl (C=O) groups is 3. The van der Waals surface area contributed by atoms with Gasteiger partial charge in [0.25, 0.3) is 11.8 Å². The van der Waals surface area contributed by atoms with Crippen LogP contribution in [0.4, 0.5) is 5.69 Å². The summed E-state index contributed by atoms with van der Waals surface area (Å²) in [5, 5.41) is 5.72. The standard InChI is InChI=1S/C18H15ClN4O3/c19-13-6-4-5-12(11-13)17(25)20-21-18(26)15-9-10-16(24)23(22-15)14-7-2-1-3-8-14/h1-8,11H,9-10H2,(H,20,25)(H,21,26). The number of hydrogen-bond donors (Lipinski definition) is 2. The highest BCUT2D eigenvalue weighted by Gasteiger charge is 2.25. The van der Waals surface area contributed by atoms with Crippen molar-refractivity contribution in [3.05, 3.63) is 65.2 Å². The number of hydrazine groups is 1. The van der Waals surface area contributed by atoms with Gasteiger partial charge in [-0.1, -0.05) is 35.9 Å². The van der Waals surface area contributed by atoms with Crippen LogP contribution in [0.25, 0.3) is 0 Å². The molecule has 3 rings (SSSR count). The number of amides is 3. The van der Waals surface area contributed by atoms with Gasteiger partial charge in [-0.15, -0.1) is 0 Å². The summed E-state index contributed by atoms with van der Waals surface area (Å²) < 4.78 is 0. The summed E-state index contributed by atoms with van der Waals surface area (Å²) in [6.45, 7) is 0. The second-order valence-corrected chi connectivity index (χ2v) is 5.94. The Morgan fingerprint density at radius 3 is 2.42 bits per heavy atom. The summed E-state index contributed by atoms with van der Waals surface area (Å²) in [6.07, 6.45) is 0.352. The van der Waals surface area contributed by atoms with Crippen LogP contribution in [-0.4, -0.2) is 23.4 Å². The van der Waals surface area contributed by atoms with E-state index >= 15 is 0 Å². The predicted molar refractivity (Wildman–Crippen MR) is 97.7 cm³/mol. The fraction of sp³-hybridized carbons (Fsp3) is 0.111. The van der Waals surface area contributed by atoms with Crippen molar-refractivity contribution >= 4 is 40.7 Å². The van der Waals surface area contributed by atoms with E-state index in [0.717, 1.165) is 0 Å². The van der Waals surface area contributed by atoms with Crippen LogP contribution in [-0.2, 0) is 9.59 Å². The van der Waals surface area contributed by atoms with E-state index in [-0.39, 0.29) is 24.5 Å². The third-order valence-corrected chi connectivity index (χ3v) is 3.91. The summed E-state index contributed by atoms with van der Waals surface area (Å²) in [7, 11) is 0. The smallest absolute Gasteiger partial charge is 0.273 e. The van der Waals surface area contributed by atoms with Crippen LogP contribution < -0.4 is 15.9 Å². The van der Waals surface area contributed by atoms with Gasteiger partial charge in [0.1, 0.15) is 5.71 Å². The zero-order chi connectivity index (χ0) is 18.5. The molecule has 0 saturated heterocycles. The lowest BCUT2D eigenvalue weighted by Gasteiger charge is -2.23. The minimum absolute atomic E-state index is 0.153. The van der Waals surface area contributed by atoms with Crippen molar-refractivity contribution in [1.82, 2.24) is 10.9 Å². The van der Waals surface area contributed by atoms with Crippen LogP contribution in [0.15, 0.2) is 59.7 Å². The van der Waals surface area contributed by atoms with Crippen LogP contribution in [0.1, 0.15) is 23.2 Å². The third kappa shape index (κ3) is 4.07. The van der Waals surface area contributed by atoms with Gasteiger partial charge in [-0.05, 0) is 30.3 Å². The molecular weight excluding hydrogens is 356 g/mol. The molecule has 0 saturated carbocycles. The minimum Gasteiger partial charge on any atom is -0.273 e. The third-order valence-electron chi connectivity index (χ3n) is 3.67. The first-order valence-electron chi connectivity index (χ1n) is 7.86. The SMILES string of the molecule is O=C(NNC(=O)c1cccc(Cl)c1)C1=NN(c2ccccc2)C(=O)CC1. The highest BCUT2D eigenvalue weighted by molar-refractivity contribution is 6.40. The van der Waals surface area contributed by atoms with E-state index in [1.807, 2.05) is 6.07 Å². The highest BCUT2D eigenvalue weighted by Crippen LogP contribution is 2.19. The molecular formula is C18H15ClN4O3. The average molecular weight is 371 g/mol. The van der Waals surface area contributed by atoms with Crippen LogP contribution >= 0.6 is 11.6 Å². The average Bonchev–Trinajstić information content (AvgIpc) is 2.67. The summed E-state index contributed by atoms with van der Waals surface area (Å²) in [6, 6.07) is 15.1. The van der Waals surface area contributed by atoms with Crippen molar-refractivity contribution in [2.24, 2.45) is 5.10 Å². The maximum atomic E-state index is 12.3. The first-order valence-corrected chi connectivity index (χ1v) is 8.24. The van der Waals surface area contributed by atoms with Crippen LogP contribution in [0.2, 0.25) is 5.02 Å². The molecule has 26 heavy (non-hydrogen) atoms. The van der Waals surface area contributed by atoms with Crippen molar-refractivity contribution in [3.63, 3.8) is 0 Å². The molecule has 2 aromatic carbocycles. The van der Waals surface area contributed by atoms with Gasteiger partial charge in [0.05, 0.1) is 5.69 Å². The summed E-state index contributed by atoms with van der Waals surface area (Å²) in [4.78, 5) is 36.3. The Morgan fingerprint density at radius 2 is 1.69 bits per heavy atom. The molecule has 2 aromatic rings. The van der Waals surface area contributed by atoms with E-state index in [9.17, 15) is 14.4 Å². The van der Waals surface area contributed by atoms with Crippen LogP contribution in [0, 0.1) is 0 Å². The number of nitrogens with one attached hydrogen (secondary N) is 2. The lowest BCUT2D eigenvalue weighted by atomic mass is 10.1. The second-order valence-electron chi connectivity index (χ2n) is 5.51. The van der Waals surface area contributed by atoms with Gasteiger partial charge in [0, 0.05) is 23.4 Å². The molecule has 132 valence electrons. The van der Waals surface area contributed by atoms with E-state index in [1.165, 1.54) is 11.1 Å². The number of para-hydroxylation sites is 1. The largest absolute Gasteiger partial charge is 0.285 e. The molecule has 2 N–H and O–H groups in total. The van der Waals surface area contributed by atoms with Crippen molar-refractivity contribution < 1.29 is 14.4 Å². The zero-order valence-electron chi connectivity index (χ0n) is 13.6. The zero-order valence-corrected chi connectivity index (χ0v) is 14.4. The fourth-order valence-electron chi connectivity index (χ4n) is 2.38. The van der Waals surface area contributed by atoms with Gasteiger partial charge in [-0.2, -0.15) is 5.10 Å². The Hall–Kier alpha value is -3.19. The molecule has 3 amide bonds. The molecule has 1 aliphatic rings. The molecule has 0 radical (unpaired) electrons. The normalized spacial score (nSPS) is 13.8. The van der Waals surface area contributed by atoms with Crippen LogP contribution in [0.5, 0.6) is 0 Å². The van der Waals surface area contributed by atoms with Gasteiger partial charge < -0.3 is 0 Å². The summed E-state index contributed by atoms with van der Waals surface area (Å²) >= 11 is 5.84. The molecule has 8 heteroatoms. The number of carbonyl (C=O) groups excluding carboxylic acids is 3. The summed E-state index contributed by atoms with van der Waals surface area (Å²) in [5.74, 6) is -1.28. The molecule has 0 spiro atoms. The Balaban J connectivity index is 1.67. The Kier molecular flexibility index (Phi) is 5.28. The molecule has 0 aromatic heterocycles. The number of rotatable bonds is 3. The van der Waals surface area contributed by atoms with E-state index < -0.39 is 11.8 Å².